The Hall–Kier alpha value is -0.650. The summed E-state index contributed by atoms with van der Waals surface area (Å²) in [4.78, 5) is 13.7. The summed E-state index contributed by atoms with van der Waals surface area (Å²) in [6.45, 7) is 6.57. The lowest BCUT2D eigenvalue weighted by Gasteiger charge is -2.38. The Morgan fingerprint density at radius 1 is 1.69 bits per heavy atom. The van der Waals surface area contributed by atoms with Gasteiger partial charge in [-0.1, -0.05) is 6.92 Å². The van der Waals surface area contributed by atoms with Crippen LogP contribution in [0.15, 0.2) is 0 Å². The van der Waals surface area contributed by atoms with Gasteiger partial charge in [-0.2, -0.15) is 0 Å². The fourth-order valence-corrected chi connectivity index (χ4v) is 1.99. The van der Waals surface area contributed by atoms with Crippen LogP contribution in [0.1, 0.15) is 20.3 Å². The summed E-state index contributed by atoms with van der Waals surface area (Å²) in [5.41, 5.74) is 5.02. The first kappa shape index (κ1) is 13.4. The molecule has 1 fully saturated rings. The summed E-state index contributed by atoms with van der Waals surface area (Å²) in [6.07, 6.45) is 0.997. The standard InChI is InChI=1S/C11H22N2O3/c1-4-9-7-16-6-5-13(9)8-11(2,12)10(14)15-3/h9H,4-8,12H2,1-3H3. The molecular weight excluding hydrogens is 208 g/mol. The molecule has 0 amide bonds. The summed E-state index contributed by atoms with van der Waals surface area (Å²) in [5.74, 6) is -0.367. The third-order valence-corrected chi connectivity index (χ3v) is 3.00. The molecule has 0 aromatic rings. The van der Waals surface area contributed by atoms with Crippen molar-refractivity contribution in [2.75, 3.05) is 33.4 Å². The van der Waals surface area contributed by atoms with Gasteiger partial charge in [0.25, 0.3) is 0 Å². The van der Waals surface area contributed by atoms with E-state index in [2.05, 4.69) is 11.8 Å². The van der Waals surface area contributed by atoms with E-state index < -0.39 is 5.54 Å². The predicted octanol–water partition coefficient (Wildman–Crippen LogP) is -0.0124. The van der Waals surface area contributed by atoms with Gasteiger partial charge in [0.2, 0.25) is 0 Å². The number of methoxy groups -OCH3 is 1. The highest BCUT2D eigenvalue weighted by atomic mass is 16.5. The molecule has 0 aliphatic carbocycles. The second-order valence-corrected chi connectivity index (χ2v) is 4.52. The smallest absolute Gasteiger partial charge is 0.326 e. The van der Waals surface area contributed by atoms with Crippen LogP contribution < -0.4 is 5.73 Å². The maximum atomic E-state index is 11.5. The van der Waals surface area contributed by atoms with Crippen molar-refractivity contribution in [3.05, 3.63) is 0 Å². The number of rotatable bonds is 4. The minimum absolute atomic E-state index is 0.348. The molecule has 1 heterocycles. The van der Waals surface area contributed by atoms with E-state index in [-0.39, 0.29) is 5.97 Å². The number of hydrogen-bond donors (Lipinski definition) is 1. The van der Waals surface area contributed by atoms with Crippen LogP contribution in [0, 0.1) is 0 Å². The zero-order valence-corrected chi connectivity index (χ0v) is 10.4. The van der Waals surface area contributed by atoms with E-state index in [9.17, 15) is 4.79 Å². The largest absolute Gasteiger partial charge is 0.468 e. The summed E-state index contributed by atoms with van der Waals surface area (Å²) in [6, 6.07) is 0.348. The summed E-state index contributed by atoms with van der Waals surface area (Å²) in [5, 5.41) is 0. The van der Waals surface area contributed by atoms with Crippen molar-refractivity contribution in [1.82, 2.24) is 4.90 Å². The molecule has 1 saturated heterocycles. The van der Waals surface area contributed by atoms with Crippen molar-refractivity contribution in [3.63, 3.8) is 0 Å². The number of nitrogens with zero attached hydrogens (tertiary/aromatic N) is 1. The van der Waals surface area contributed by atoms with Gasteiger partial charge in [-0.3, -0.25) is 9.69 Å². The lowest BCUT2D eigenvalue weighted by atomic mass is 10.0. The van der Waals surface area contributed by atoms with Gasteiger partial charge < -0.3 is 15.2 Å². The molecule has 5 heteroatoms. The number of carbonyl (C=O) groups excluding carboxylic acids is 1. The SMILES string of the molecule is CCC1COCCN1CC(C)(N)C(=O)OC. The Labute approximate surface area is 96.9 Å². The topological polar surface area (TPSA) is 64.8 Å². The molecule has 0 aromatic heterocycles. The maximum absolute atomic E-state index is 11.5. The molecule has 0 aromatic carbocycles. The van der Waals surface area contributed by atoms with Crippen LogP contribution in [0.5, 0.6) is 0 Å². The van der Waals surface area contributed by atoms with Crippen LogP contribution in [0.3, 0.4) is 0 Å². The van der Waals surface area contributed by atoms with Crippen LogP contribution in [0.25, 0.3) is 0 Å². The van der Waals surface area contributed by atoms with Crippen molar-refractivity contribution in [2.24, 2.45) is 5.73 Å². The van der Waals surface area contributed by atoms with Gasteiger partial charge in [-0.05, 0) is 13.3 Å². The Balaban J connectivity index is 2.60. The van der Waals surface area contributed by atoms with Gasteiger partial charge in [0.1, 0.15) is 5.54 Å². The Morgan fingerprint density at radius 3 is 2.94 bits per heavy atom. The van der Waals surface area contributed by atoms with Crippen molar-refractivity contribution < 1.29 is 14.3 Å². The fourth-order valence-electron chi connectivity index (χ4n) is 1.99. The molecule has 2 unspecified atom stereocenters. The number of morpholine rings is 1. The normalized spacial score (nSPS) is 26.1. The van der Waals surface area contributed by atoms with E-state index in [4.69, 9.17) is 15.2 Å². The summed E-state index contributed by atoms with van der Waals surface area (Å²) < 4.78 is 10.1. The molecule has 1 rings (SSSR count). The molecule has 5 nitrogen and oxygen atoms in total. The molecule has 0 radical (unpaired) electrons. The predicted molar refractivity (Wildman–Crippen MR) is 61.1 cm³/mol. The molecule has 94 valence electrons. The van der Waals surface area contributed by atoms with Crippen LogP contribution in [0.2, 0.25) is 0 Å². The minimum atomic E-state index is -0.945. The first-order chi connectivity index (χ1) is 7.51. The quantitative estimate of drug-likeness (QED) is 0.688. The number of carbonyl (C=O) groups is 1. The first-order valence-corrected chi connectivity index (χ1v) is 5.70. The van der Waals surface area contributed by atoms with E-state index >= 15 is 0 Å². The third kappa shape index (κ3) is 3.17. The van der Waals surface area contributed by atoms with E-state index in [0.717, 1.165) is 13.0 Å². The highest BCUT2D eigenvalue weighted by Gasteiger charge is 2.34. The average molecular weight is 230 g/mol. The van der Waals surface area contributed by atoms with Gasteiger partial charge in [-0.25, -0.2) is 0 Å². The van der Waals surface area contributed by atoms with Gasteiger partial charge in [0, 0.05) is 19.1 Å². The van der Waals surface area contributed by atoms with E-state index in [1.165, 1.54) is 7.11 Å². The van der Waals surface area contributed by atoms with Gasteiger partial charge in [-0.15, -0.1) is 0 Å². The molecule has 16 heavy (non-hydrogen) atoms. The average Bonchev–Trinajstić information content (AvgIpc) is 2.28. The maximum Gasteiger partial charge on any atom is 0.326 e. The van der Waals surface area contributed by atoms with Gasteiger partial charge in [0.15, 0.2) is 0 Å². The third-order valence-electron chi connectivity index (χ3n) is 3.00. The molecule has 2 atom stereocenters. The van der Waals surface area contributed by atoms with Crippen molar-refractivity contribution >= 4 is 5.97 Å². The van der Waals surface area contributed by atoms with E-state index in [1.807, 2.05) is 0 Å². The van der Waals surface area contributed by atoms with Crippen molar-refractivity contribution in [2.45, 2.75) is 31.8 Å². The van der Waals surface area contributed by atoms with Crippen LogP contribution in [-0.2, 0) is 14.3 Å². The lowest BCUT2D eigenvalue weighted by molar-refractivity contribution is -0.148. The Bertz CT molecular complexity index is 243. The summed E-state index contributed by atoms with van der Waals surface area (Å²) in [7, 11) is 1.37. The molecular formula is C11H22N2O3. The lowest BCUT2D eigenvalue weighted by Crippen LogP contribution is -2.58. The second kappa shape index (κ2) is 5.61. The Morgan fingerprint density at radius 2 is 2.38 bits per heavy atom. The van der Waals surface area contributed by atoms with E-state index in [1.54, 1.807) is 6.92 Å². The first-order valence-electron chi connectivity index (χ1n) is 5.70. The van der Waals surface area contributed by atoms with E-state index in [0.29, 0.717) is 25.8 Å². The Kier molecular flexibility index (Phi) is 4.70. The van der Waals surface area contributed by atoms with Gasteiger partial charge >= 0.3 is 5.97 Å². The fraction of sp³-hybridized carbons (Fsp3) is 0.909. The molecule has 1 aliphatic heterocycles. The second-order valence-electron chi connectivity index (χ2n) is 4.52. The number of ether oxygens (including phenoxy) is 2. The highest BCUT2D eigenvalue weighted by Crippen LogP contribution is 2.14. The minimum Gasteiger partial charge on any atom is -0.468 e. The van der Waals surface area contributed by atoms with Crippen molar-refractivity contribution in [1.29, 1.82) is 0 Å². The van der Waals surface area contributed by atoms with Gasteiger partial charge in [0.05, 0.1) is 20.3 Å². The highest BCUT2D eigenvalue weighted by molar-refractivity contribution is 5.80. The van der Waals surface area contributed by atoms with Crippen LogP contribution in [0.4, 0.5) is 0 Å². The number of esters is 1. The van der Waals surface area contributed by atoms with Crippen molar-refractivity contribution in [3.8, 4) is 0 Å². The number of nitrogens with two attached hydrogens (primary N) is 1. The monoisotopic (exact) mass is 230 g/mol. The zero-order valence-electron chi connectivity index (χ0n) is 10.4. The molecule has 1 aliphatic rings. The van der Waals surface area contributed by atoms with Crippen LogP contribution >= 0.6 is 0 Å². The summed E-state index contributed by atoms with van der Waals surface area (Å²) >= 11 is 0. The number of hydrogen-bond acceptors (Lipinski definition) is 5. The zero-order chi connectivity index (χ0) is 12.2. The molecule has 0 saturated carbocycles. The molecule has 0 bridgehead atoms. The molecule has 0 spiro atoms. The van der Waals surface area contributed by atoms with Crippen LogP contribution in [-0.4, -0.2) is 55.9 Å². The molecule has 2 N–H and O–H groups in total.